The lowest BCUT2D eigenvalue weighted by atomic mass is 10.0. The van der Waals surface area contributed by atoms with Crippen LogP contribution in [0.5, 0.6) is 11.5 Å². The summed E-state index contributed by atoms with van der Waals surface area (Å²) >= 11 is 3.98. The molecule has 1 rings (SSSR count). The minimum atomic E-state index is -0.921. The molecule has 0 aliphatic heterocycles. The van der Waals surface area contributed by atoms with E-state index >= 15 is 0 Å². The molecule has 0 spiro atoms. The van der Waals surface area contributed by atoms with Crippen LogP contribution in [0.25, 0.3) is 0 Å². The molecule has 0 bridgehead atoms. The van der Waals surface area contributed by atoms with Gasteiger partial charge in [0.15, 0.2) is 5.78 Å². The van der Waals surface area contributed by atoms with Gasteiger partial charge in [-0.3, -0.25) is 9.59 Å². The molecule has 1 aromatic rings. The molecule has 0 aliphatic rings. The highest BCUT2D eigenvalue weighted by atomic mass is 32.1. The normalized spacial score (nSPS) is 11.3. The number of phenols is 1. The summed E-state index contributed by atoms with van der Waals surface area (Å²) < 4.78 is 5.57. The third-order valence-electron chi connectivity index (χ3n) is 3.46. The maximum Gasteiger partial charge on any atom is 0.308 e. The van der Waals surface area contributed by atoms with Crippen molar-refractivity contribution < 1.29 is 24.5 Å². The van der Waals surface area contributed by atoms with Crippen molar-refractivity contribution in [3.63, 3.8) is 0 Å². The van der Waals surface area contributed by atoms with Crippen LogP contribution in [0, 0.1) is 17.8 Å². The molecule has 0 unspecified atom stereocenters. The Hall–Kier alpha value is -2.13. The minimum Gasteiger partial charge on any atom is -0.507 e. The van der Waals surface area contributed by atoms with Crippen LogP contribution in [0.4, 0.5) is 0 Å². The van der Waals surface area contributed by atoms with Crippen molar-refractivity contribution in [2.75, 3.05) is 12.4 Å². The first-order valence-corrected chi connectivity index (χ1v) is 8.33. The Bertz CT molecular complexity index is 657. The average Bonchev–Trinajstić information content (AvgIpc) is 2.53. The van der Waals surface area contributed by atoms with Crippen LogP contribution in [-0.4, -0.2) is 34.3 Å². The second-order valence-electron chi connectivity index (χ2n) is 5.31. The highest BCUT2D eigenvalue weighted by Crippen LogP contribution is 2.32. The van der Waals surface area contributed by atoms with Crippen LogP contribution in [0.2, 0.25) is 0 Å². The summed E-state index contributed by atoms with van der Waals surface area (Å²) in [6, 6.07) is 3.18. The number of ether oxygens (including phenoxy) is 1. The molecule has 0 heterocycles. The Morgan fingerprint density at radius 1 is 1.33 bits per heavy atom. The molecule has 2 N–H and O–H groups in total. The number of hydrogen-bond acceptors (Lipinski definition) is 5. The van der Waals surface area contributed by atoms with Gasteiger partial charge in [-0.1, -0.05) is 25.2 Å². The van der Waals surface area contributed by atoms with E-state index in [9.17, 15) is 14.7 Å². The van der Waals surface area contributed by atoms with Gasteiger partial charge in [0.25, 0.3) is 0 Å². The van der Waals surface area contributed by atoms with Gasteiger partial charge in [0.05, 0.1) is 11.5 Å². The summed E-state index contributed by atoms with van der Waals surface area (Å²) in [5, 5.41) is 19.1. The van der Waals surface area contributed by atoms with Gasteiger partial charge in [-0.15, -0.1) is 0 Å². The second kappa shape index (κ2) is 9.89. The molecule has 6 heteroatoms. The number of aromatic hydroxyl groups is 1. The average molecular weight is 350 g/mol. The van der Waals surface area contributed by atoms with Crippen LogP contribution in [0.1, 0.15) is 42.6 Å². The fourth-order valence-electron chi connectivity index (χ4n) is 2.12. The maximum absolute atomic E-state index is 11.5. The molecule has 5 nitrogen and oxygen atoms in total. The summed E-state index contributed by atoms with van der Waals surface area (Å²) in [4.78, 5) is 22.4. The number of rotatable bonds is 8. The van der Waals surface area contributed by atoms with E-state index in [4.69, 9.17) is 9.84 Å². The third kappa shape index (κ3) is 5.50. The summed E-state index contributed by atoms with van der Waals surface area (Å²) in [5.74, 6) is 4.46. The Morgan fingerprint density at radius 2 is 2.04 bits per heavy atom. The van der Waals surface area contributed by atoms with Crippen LogP contribution >= 0.6 is 12.6 Å². The van der Waals surface area contributed by atoms with Crippen molar-refractivity contribution in [1.82, 2.24) is 0 Å². The zero-order valence-electron chi connectivity index (χ0n) is 13.8. The Labute approximate surface area is 147 Å². The van der Waals surface area contributed by atoms with Gasteiger partial charge >= 0.3 is 5.97 Å². The van der Waals surface area contributed by atoms with E-state index in [0.717, 1.165) is 6.42 Å². The quantitative estimate of drug-likeness (QED) is 0.381. The highest BCUT2D eigenvalue weighted by Gasteiger charge is 2.16. The van der Waals surface area contributed by atoms with E-state index in [2.05, 4.69) is 24.5 Å². The second-order valence-corrected chi connectivity index (χ2v) is 5.67. The first-order valence-electron chi connectivity index (χ1n) is 7.70. The van der Waals surface area contributed by atoms with Gasteiger partial charge in [-0.05, 0) is 25.5 Å². The van der Waals surface area contributed by atoms with E-state index in [-0.39, 0.29) is 35.9 Å². The van der Waals surface area contributed by atoms with Gasteiger partial charge in [0, 0.05) is 17.7 Å². The van der Waals surface area contributed by atoms with Gasteiger partial charge < -0.3 is 14.9 Å². The van der Waals surface area contributed by atoms with E-state index < -0.39 is 11.9 Å². The minimum absolute atomic E-state index is 0.0455. The van der Waals surface area contributed by atoms with Gasteiger partial charge in [0.1, 0.15) is 18.1 Å². The molecular formula is C18H22O5S. The van der Waals surface area contributed by atoms with Crippen molar-refractivity contribution in [3.8, 4) is 23.3 Å². The molecule has 24 heavy (non-hydrogen) atoms. The summed E-state index contributed by atoms with van der Waals surface area (Å²) in [7, 11) is 0. The number of carboxylic acid groups (broad SMARTS) is 1. The number of benzene rings is 1. The van der Waals surface area contributed by atoms with Gasteiger partial charge in [-0.2, -0.15) is 12.6 Å². The number of hydrogen-bond donors (Lipinski definition) is 3. The smallest absolute Gasteiger partial charge is 0.308 e. The van der Waals surface area contributed by atoms with Gasteiger partial charge in [-0.25, -0.2) is 0 Å². The number of carboxylic acids is 1. The molecular weight excluding hydrogens is 328 g/mol. The molecule has 1 atom stereocenters. The number of carbonyl (C=O) groups excluding carboxylic acids is 1. The topological polar surface area (TPSA) is 83.8 Å². The van der Waals surface area contributed by atoms with E-state index in [1.165, 1.54) is 13.0 Å². The fourth-order valence-corrected chi connectivity index (χ4v) is 2.40. The number of phenolic OH excluding ortho intramolecular Hbond substituents is 1. The first-order chi connectivity index (χ1) is 11.4. The Balaban J connectivity index is 2.80. The number of Topliss-reactive ketones (excluding diaryl/α,β-unsaturated/α-hetero) is 1. The molecule has 0 fully saturated rings. The molecule has 0 saturated heterocycles. The lowest BCUT2D eigenvalue weighted by Gasteiger charge is -2.13. The predicted octanol–water partition coefficient (Wildman–Crippen LogP) is 2.95. The third-order valence-corrected chi connectivity index (χ3v) is 3.90. The van der Waals surface area contributed by atoms with Crippen LogP contribution < -0.4 is 4.74 Å². The summed E-state index contributed by atoms with van der Waals surface area (Å²) in [6.45, 7) is 3.44. The predicted molar refractivity (Wildman–Crippen MR) is 95.0 cm³/mol. The molecule has 1 aromatic carbocycles. The van der Waals surface area contributed by atoms with Crippen LogP contribution in [-0.2, 0) is 11.2 Å². The summed E-state index contributed by atoms with van der Waals surface area (Å²) in [6.07, 6.45) is 1.58. The van der Waals surface area contributed by atoms with E-state index in [0.29, 0.717) is 17.7 Å². The molecule has 0 aromatic heterocycles. The number of thiol groups is 1. The standard InChI is InChI=1S/C18H22O5S/c1-3-6-15-16(9-8-14(12(2)19)17(15)20)23-10-5-4-7-13(11-24)18(21)22/h8-9,13,20,24H,3,6-7,10-11H2,1-2H3,(H,21,22)/t13-/m1/s1. The monoisotopic (exact) mass is 350 g/mol. The van der Waals surface area contributed by atoms with E-state index in [1.54, 1.807) is 6.07 Å². The fraction of sp³-hybridized carbons (Fsp3) is 0.444. The van der Waals surface area contributed by atoms with Crippen LogP contribution in [0.3, 0.4) is 0 Å². The van der Waals surface area contributed by atoms with Crippen LogP contribution in [0.15, 0.2) is 12.1 Å². The Morgan fingerprint density at radius 3 is 2.58 bits per heavy atom. The van der Waals surface area contributed by atoms with Crippen molar-refractivity contribution in [2.24, 2.45) is 5.92 Å². The van der Waals surface area contributed by atoms with Crippen molar-refractivity contribution in [1.29, 1.82) is 0 Å². The number of carbonyl (C=O) groups is 2. The van der Waals surface area contributed by atoms with E-state index in [1.807, 2.05) is 6.92 Å². The zero-order valence-corrected chi connectivity index (χ0v) is 14.7. The SMILES string of the molecule is CCCc1c(OCC#CC[C@H](CS)C(=O)O)ccc(C(C)=O)c1O. The maximum atomic E-state index is 11.5. The Kier molecular flexibility index (Phi) is 8.20. The highest BCUT2D eigenvalue weighted by molar-refractivity contribution is 7.80. The lowest BCUT2D eigenvalue weighted by molar-refractivity contribution is -0.140. The largest absolute Gasteiger partial charge is 0.507 e. The molecule has 130 valence electrons. The van der Waals surface area contributed by atoms with Crippen molar-refractivity contribution in [3.05, 3.63) is 23.3 Å². The molecule has 0 radical (unpaired) electrons. The molecule has 0 aliphatic carbocycles. The van der Waals surface area contributed by atoms with Crippen molar-refractivity contribution in [2.45, 2.75) is 33.1 Å². The number of aliphatic carboxylic acids is 1. The number of ketones is 1. The lowest BCUT2D eigenvalue weighted by Crippen LogP contribution is -2.14. The molecule has 0 amide bonds. The first kappa shape index (κ1) is 19.9. The molecule has 0 saturated carbocycles. The van der Waals surface area contributed by atoms with Gasteiger partial charge in [0.2, 0.25) is 0 Å². The zero-order chi connectivity index (χ0) is 18.1. The van der Waals surface area contributed by atoms with Crippen molar-refractivity contribution >= 4 is 24.4 Å². The summed E-state index contributed by atoms with van der Waals surface area (Å²) in [5.41, 5.74) is 0.862.